The Morgan fingerprint density at radius 3 is 2.36 bits per heavy atom. The van der Waals surface area contributed by atoms with Crippen molar-refractivity contribution in [1.29, 1.82) is 0 Å². The Labute approximate surface area is 197 Å². The smallest absolute Gasteiger partial charge is 0.247 e. The molecule has 1 aromatic heterocycles. The summed E-state index contributed by atoms with van der Waals surface area (Å²) >= 11 is 0. The molecule has 3 aliphatic heterocycles. The van der Waals surface area contributed by atoms with E-state index in [0.717, 1.165) is 31.6 Å². The van der Waals surface area contributed by atoms with Gasteiger partial charge < -0.3 is 14.5 Å². The van der Waals surface area contributed by atoms with E-state index in [9.17, 15) is 13.2 Å². The van der Waals surface area contributed by atoms with E-state index in [0.29, 0.717) is 43.8 Å². The number of anilines is 1. The number of piperidine rings is 1. The topological polar surface area (TPSA) is 83.1 Å². The van der Waals surface area contributed by atoms with Gasteiger partial charge in [-0.1, -0.05) is 0 Å². The van der Waals surface area contributed by atoms with Crippen LogP contribution in [0.5, 0.6) is 0 Å². The van der Waals surface area contributed by atoms with Crippen molar-refractivity contribution in [2.24, 2.45) is 5.41 Å². The van der Waals surface area contributed by atoms with E-state index in [-0.39, 0.29) is 22.9 Å². The SMILES string of the molecule is Cc1ccc(S(=O)(=O)N2CCC[C@H]2C(=O)N2CCC3(CC2)CC3)c(N2[C@@H](C)COC[C@@H]2C)n1. The van der Waals surface area contributed by atoms with Crippen LogP contribution in [0, 0.1) is 12.3 Å². The van der Waals surface area contributed by atoms with Gasteiger partial charge in [-0.25, -0.2) is 13.4 Å². The summed E-state index contributed by atoms with van der Waals surface area (Å²) in [4.78, 5) is 22.3. The molecule has 0 N–H and O–H groups in total. The van der Waals surface area contributed by atoms with E-state index in [4.69, 9.17) is 4.74 Å². The lowest BCUT2D eigenvalue weighted by Crippen LogP contribution is -2.52. The maximum absolute atomic E-state index is 14.0. The van der Waals surface area contributed by atoms with Crippen molar-refractivity contribution in [3.05, 3.63) is 17.8 Å². The number of ether oxygens (including phenoxy) is 1. The summed E-state index contributed by atoms with van der Waals surface area (Å²) in [6.45, 7) is 8.87. The Morgan fingerprint density at radius 2 is 1.73 bits per heavy atom. The monoisotopic (exact) mass is 476 g/mol. The Balaban J connectivity index is 1.43. The average molecular weight is 477 g/mol. The number of morpholine rings is 1. The molecule has 0 radical (unpaired) electrons. The van der Waals surface area contributed by atoms with Crippen molar-refractivity contribution in [2.75, 3.05) is 37.7 Å². The first kappa shape index (κ1) is 23.1. The number of carbonyl (C=O) groups is 1. The van der Waals surface area contributed by atoms with Gasteiger partial charge in [0.05, 0.1) is 25.3 Å². The predicted molar refractivity (Wildman–Crippen MR) is 126 cm³/mol. The lowest BCUT2D eigenvalue weighted by Gasteiger charge is -2.41. The fourth-order valence-electron chi connectivity index (χ4n) is 5.83. The van der Waals surface area contributed by atoms with E-state index in [1.54, 1.807) is 12.1 Å². The second-order valence-electron chi connectivity index (χ2n) is 10.5. The van der Waals surface area contributed by atoms with Crippen LogP contribution in [0.2, 0.25) is 0 Å². The Bertz CT molecular complexity index is 1010. The van der Waals surface area contributed by atoms with E-state index in [2.05, 4.69) is 9.88 Å². The lowest BCUT2D eigenvalue weighted by molar-refractivity contribution is -0.136. The Morgan fingerprint density at radius 1 is 1.06 bits per heavy atom. The molecule has 0 bridgehead atoms. The van der Waals surface area contributed by atoms with Crippen molar-refractivity contribution >= 4 is 21.7 Å². The molecule has 1 aromatic rings. The van der Waals surface area contributed by atoms with Gasteiger partial charge in [-0.05, 0) is 76.8 Å². The zero-order chi connectivity index (χ0) is 23.4. The summed E-state index contributed by atoms with van der Waals surface area (Å²) in [5, 5.41) is 0. The van der Waals surface area contributed by atoms with Crippen LogP contribution in [-0.4, -0.2) is 79.5 Å². The number of nitrogens with zero attached hydrogens (tertiary/aromatic N) is 4. The zero-order valence-corrected chi connectivity index (χ0v) is 20.8. The third kappa shape index (κ3) is 4.17. The molecule has 1 saturated carbocycles. The molecule has 33 heavy (non-hydrogen) atoms. The molecule has 8 nitrogen and oxygen atoms in total. The van der Waals surface area contributed by atoms with Gasteiger partial charge in [0.15, 0.2) is 0 Å². The predicted octanol–water partition coefficient (Wildman–Crippen LogP) is 2.56. The first-order valence-electron chi connectivity index (χ1n) is 12.4. The third-order valence-electron chi connectivity index (χ3n) is 8.06. The van der Waals surface area contributed by atoms with Crippen LogP contribution in [0.3, 0.4) is 0 Å². The number of carbonyl (C=O) groups excluding carboxylic acids is 1. The molecule has 4 heterocycles. The normalized spacial score (nSPS) is 30.1. The molecular weight excluding hydrogens is 440 g/mol. The van der Waals surface area contributed by atoms with E-state index in [1.807, 2.05) is 25.7 Å². The molecule has 1 amide bonds. The number of hydrogen-bond acceptors (Lipinski definition) is 6. The largest absolute Gasteiger partial charge is 0.377 e. The van der Waals surface area contributed by atoms with Gasteiger partial charge in [-0.2, -0.15) is 4.31 Å². The molecule has 182 valence electrons. The molecular formula is C24H36N4O4S. The van der Waals surface area contributed by atoms with Crippen LogP contribution in [0.25, 0.3) is 0 Å². The maximum atomic E-state index is 14.0. The van der Waals surface area contributed by atoms with Gasteiger partial charge >= 0.3 is 0 Å². The highest BCUT2D eigenvalue weighted by molar-refractivity contribution is 7.89. The fourth-order valence-corrected chi connectivity index (χ4v) is 7.60. The molecule has 0 unspecified atom stereocenters. The summed E-state index contributed by atoms with van der Waals surface area (Å²) in [6.07, 6.45) is 5.94. The number of rotatable bonds is 4. The molecule has 9 heteroatoms. The van der Waals surface area contributed by atoms with E-state index >= 15 is 0 Å². The van der Waals surface area contributed by atoms with Crippen molar-refractivity contribution in [3.8, 4) is 0 Å². The maximum Gasteiger partial charge on any atom is 0.247 e. The molecule has 4 aliphatic rings. The zero-order valence-electron chi connectivity index (χ0n) is 20.0. The van der Waals surface area contributed by atoms with Gasteiger partial charge in [-0.15, -0.1) is 0 Å². The number of sulfonamides is 1. The second-order valence-corrected chi connectivity index (χ2v) is 12.4. The summed E-state index contributed by atoms with van der Waals surface area (Å²) in [7, 11) is -3.88. The highest BCUT2D eigenvalue weighted by Crippen LogP contribution is 2.53. The molecule has 0 aromatic carbocycles. The molecule has 1 spiro atoms. The van der Waals surface area contributed by atoms with Gasteiger partial charge in [0.2, 0.25) is 15.9 Å². The number of amides is 1. The first-order chi connectivity index (χ1) is 15.7. The highest BCUT2D eigenvalue weighted by atomic mass is 32.2. The van der Waals surface area contributed by atoms with Crippen molar-refractivity contribution < 1.29 is 17.9 Å². The second kappa shape index (κ2) is 8.50. The van der Waals surface area contributed by atoms with Crippen LogP contribution < -0.4 is 4.90 Å². The molecule has 5 rings (SSSR count). The summed E-state index contributed by atoms with van der Waals surface area (Å²) in [6, 6.07) is 2.82. The van der Waals surface area contributed by atoms with Gasteiger partial charge in [0, 0.05) is 25.3 Å². The van der Waals surface area contributed by atoms with Crippen molar-refractivity contribution in [1.82, 2.24) is 14.2 Å². The number of pyridine rings is 1. The molecule has 3 atom stereocenters. The van der Waals surface area contributed by atoms with Crippen LogP contribution in [0.4, 0.5) is 5.82 Å². The number of likely N-dealkylation sites (tertiary alicyclic amines) is 1. The Kier molecular flexibility index (Phi) is 5.94. The molecule has 4 fully saturated rings. The Hall–Kier alpha value is -1.71. The highest BCUT2D eigenvalue weighted by Gasteiger charge is 2.48. The van der Waals surface area contributed by atoms with Crippen molar-refractivity contribution in [3.63, 3.8) is 0 Å². The summed E-state index contributed by atoms with van der Waals surface area (Å²) < 4.78 is 35.1. The standard InChI is InChI=1S/C24H36N4O4S/c1-17-6-7-21(22(25-17)28-18(2)15-32-16-19(28)3)33(30,31)27-12-4-5-20(27)23(29)26-13-10-24(8-9-24)11-14-26/h6-7,18-20H,4-5,8-16H2,1-3H3/t18-,19-,20-/m0/s1. The van der Waals surface area contributed by atoms with Crippen LogP contribution >= 0.6 is 0 Å². The lowest BCUT2D eigenvalue weighted by atomic mass is 9.93. The summed E-state index contributed by atoms with van der Waals surface area (Å²) in [5.41, 5.74) is 1.25. The van der Waals surface area contributed by atoms with Crippen LogP contribution in [0.1, 0.15) is 58.1 Å². The number of aryl methyl sites for hydroxylation is 1. The van der Waals surface area contributed by atoms with E-state index in [1.165, 1.54) is 17.1 Å². The van der Waals surface area contributed by atoms with Gasteiger partial charge in [-0.3, -0.25) is 4.79 Å². The minimum absolute atomic E-state index is 0.0103. The summed E-state index contributed by atoms with van der Waals surface area (Å²) in [5.74, 6) is 0.450. The fraction of sp³-hybridized carbons (Fsp3) is 0.750. The molecule has 3 saturated heterocycles. The minimum atomic E-state index is -3.88. The molecule has 1 aliphatic carbocycles. The van der Waals surface area contributed by atoms with Crippen LogP contribution in [0.15, 0.2) is 17.0 Å². The van der Waals surface area contributed by atoms with Crippen LogP contribution in [-0.2, 0) is 19.6 Å². The average Bonchev–Trinajstić information content (AvgIpc) is 3.33. The van der Waals surface area contributed by atoms with E-state index < -0.39 is 16.1 Å². The number of aromatic nitrogens is 1. The minimum Gasteiger partial charge on any atom is -0.377 e. The quantitative estimate of drug-likeness (QED) is 0.664. The van der Waals surface area contributed by atoms with Gasteiger partial charge in [0.25, 0.3) is 0 Å². The third-order valence-corrected chi connectivity index (χ3v) is 9.99. The van der Waals surface area contributed by atoms with Crippen molar-refractivity contribution in [2.45, 2.75) is 82.3 Å². The van der Waals surface area contributed by atoms with Gasteiger partial charge in [0.1, 0.15) is 16.8 Å². The first-order valence-corrected chi connectivity index (χ1v) is 13.8. The number of hydrogen-bond donors (Lipinski definition) is 0.